The monoisotopic (exact) mass is 472 g/mol. The predicted octanol–water partition coefficient (Wildman–Crippen LogP) is 5.73. The van der Waals surface area contributed by atoms with Crippen molar-refractivity contribution >= 4 is 22.9 Å². The molecule has 0 aliphatic heterocycles. The third kappa shape index (κ3) is 5.95. The number of carbonyl (C=O) groups is 1. The van der Waals surface area contributed by atoms with Crippen molar-refractivity contribution in [3.05, 3.63) is 101 Å². The number of carbonyl (C=O) groups excluding carboxylic acids is 1. The minimum atomic E-state index is -0.385. The van der Waals surface area contributed by atoms with Gasteiger partial charge in [0.1, 0.15) is 18.2 Å². The van der Waals surface area contributed by atoms with Crippen LogP contribution >= 0.6 is 0 Å². The van der Waals surface area contributed by atoms with Crippen molar-refractivity contribution < 1.29 is 23.4 Å². The molecule has 0 aromatic heterocycles. The lowest BCUT2D eigenvalue weighted by Crippen LogP contribution is -2.18. The van der Waals surface area contributed by atoms with Crippen LogP contribution in [0.3, 0.4) is 0 Å². The summed E-state index contributed by atoms with van der Waals surface area (Å²) in [6, 6.07) is 22.9. The molecule has 4 aromatic carbocycles. The van der Waals surface area contributed by atoms with Crippen LogP contribution in [0.1, 0.15) is 28.4 Å². The Balaban J connectivity index is 1.46. The second kappa shape index (κ2) is 11.2. The number of nitrogens with zero attached hydrogens (tertiary/aromatic N) is 1. The second-order valence-electron chi connectivity index (χ2n) is 7.66. The first-order chi connectivity index (χ1) is 17.1. The van der Waals surface area contributed by atoms with E-state index < -0.39 is 0 Å². The van der Waals surface area contributed by atoms with Gasteiger partial charge < -0.3 is 14.2 Å². The molecule has 0 bridgehead atoms. The molecule has 4 rings (SSSR count). The zero-order valence-corrected chi connectivity index (χ0v) is 19.5. The summed E-state index contributed by atoms with van der Waals surface area (Å²) in [4.78, 5) is 12.7. The van der Waals surface area contributed by atoms with E-state index in [0.29, 0.717) is 40.5 Å². The highest BCUT2D eigenvalue weighted by molar-refractivity contribution is 6.02. The fraction of sp³-hybridized carbons (Fsp3) is 0.143. The maximum absolute atomic E-state index is 13.4. The number of rotatable bonds is 9. The number of nitrogens with one attached hydrogen (secondary N) is 1. The first-order valence-electron chi connectivity index (χ1n) is 11.1. The van der Waals surface area contributed by atoms with Crippen molar-refractivity contribution in [3.63, 3.8) is 0 Å². The van der Waals surface area contributed by atoms with Crippen LogP contribution in [-0.4, -0.2) is 25.8 Å². The number of halogens is 1. The Bertz CT molecular complexity index is 1370. The van der Waals surface area contributed by atoms with Gasteiger partial charge in [0.2, 0.25) is 0 Å². The molecule has 0 heterocycles. The summed E-state index contributed by atoms with van der Waals surface area (Å²) in [6.45, 7) is 2.51. The molecule has 0 fully saturated rings. The molecule has 0 saturated carbocycles. The standard InChI is InChI=1S/C28H25FN2O4/c1-3-34-27-14-19(11-12-25(27)35-18-20-7-6-10-23(29)13-20)17-30-31-28(32)24-15-21-8-4-5-9-22(21)16-26(24)33-2/h4-17H,3,18H2,1-2H3,(H,31,32). The molecule has 178 valence electrons. The van der Waals surface area contributed by atoms with Crippen LogP contribution in [0.5, 0.6) is 17.2 Å². The van der Waals surface area contributed by atoms with Crippen molar-refractivity contribution in [1.82, 2.24) is 5.43 Å². The predicted molar refractivity (Wildman–Crippen MR) is 134 cm³/mol. The van der Waals surface area contributed by atoms with Crippen LogP contribution in [0.4, 0.5) is 4.39 Å². The van der Waals surface area contributed by atoms with Crippen LogP contribution in [0.2, 0.25) is 0 Å². The van der Waals surface area contributed by atoms with Gasteiger partial charge in [-0.25, -0.2) is 9.82 Å². The zero-order chi connectivity index (χ0) is 24.6. The Kier molecular flexibility index (Phi) is 7.57. The summed E-state index contributed by atoms with van der Waals surface area (Å²) in [5.41, 5.74) is 4.35. The number of hydrazone groups is 1. The smallest absolute Gasteiger partial charge is 0.275 e. The molecule has 0 spiro atoms. The van der Waals surface area contributed by atoms with Crippen molar-refractivity contribution in [2.45, 2.75) is 13.5 Å². The second-order valence-corrected chi connectivity index (χ2v) is 7.66. The van der Waals surface area contributed by atoms with Gasteiger partial charge in [0, 0.05) is 0 Å². The lowest BCUT2D eigenvalue weighted by atomic mass is 10.1. The van der Waals surface area contributed by atoms with Gasteiger partial charge in [-0.15, -0.1) is 0 Å². The molecule has 4 aromatic rings. The fourth-order valence-corrected chi connectivity index (χ4v) is 3.57. The maximum Gasteiger partial charge on any atom is 0.275 e. The third-order valence-corrected chi connectivity index (χ3v) is 5.24. The summed E-state index contributed by atoms with van der Waals surface area (Å²) in [7, 11) is 1.53. The van der Waals surface area contributed by atoms with E-state index in [-0.39, 0.29) is 18.3 Å². The molecule has 0 saturated heterocycles. The quantitative estimate of drug-likeness (QED) is 0.250. The third-order valence-electron chi connectivity index (χ3n) is 5.24. The Hall–Kier alpha value is -4.39. The topological polar surface area (TPSA) is 69.2 Å². The van der Waals surface area contributed by atoms with E-state index in [1.807, 2.05) is 37.3 Å². The van der Waals surface area contributed by atoms with Gasteiger partial charge in [-0.2, -0.15) is 5.10 Å². The first-order valence-corrected chi connectivity index (χ1v) is 11.1. The highest BCUT2D eigenvalue weighted by Crippen LogP contribution is 2.29. The largest absolute Gasteiger partial charge is 0.496 e. The molecule has 0 aliphatic rings. The van der Waals surface area contributed by atoms with Gasteiger partial charge in [-0.1, -0.05) is 36.4 Å². The molecule has 0 radical (unpaired) electrons. The SMILES string of the molecule is CCOc1cc(C=NNC(=O)c2cc3ccccc3cc2OC)ccc1OCc1cccc(F)c1. The van der Waals surface area contributed by atoms with Crippen molar-refractivity contribution in [2.75, 3.05) is 13.7 Å². The van der Waals surface area contributed by atoms with Crippen LogP contribution in [0.15, 0.2) is 84.0 Å². The van der Waals surface area contributed by atoms with E-state index >= 15 is 0 Å². The molecule has 35 heavy (non-hydrogen) atoms. The molecule has 6 nitrogen and oxygen atoms in total. The van der Waals surface area contributed by atoms with Crippen LogP contribution in [0, 0.1) is 5.82 Å². The van der Waals surface area contributed by atoms with Crippen LogP contribution in [-0.2, 0) is 6.61 Å². The van der Waals surface area contributed by atoms with E-state index in [2.05, 4.69) is 10.5 Å². The number of hydrogen-bond donors (Lipinski definition) is 1. The summed E-state index contributed by atoms with van der Waals surface area (Å²) in [5, 5.41) is 6.00. The molecular weight excluding hydrogens is 447 g/mol. The van der Waals surface area contributed by atoms with Crippen molar-refractivity contribution in [1.29, 1.82) is 0 Å². The number of ether oxygens (including phenoxy) is 3. The fourth-order valence-electron chi connectivity index (χ4n) is 3.57. The van der Waals surface area contributed by atoms with E-state index in [9.17, 15) is 9.18 Å². The van der Waals surface area contributed by atoms with Gasteiger partial charge in [0.05, 0.1) is 25.5 Å². The van der Waals surface area contributed by atoms with Crippen molar-refractivity contribution in [3.8, 4) is 17.2 Å². The van der Waals surface area contributed by atoms with E-state index in [1.165, 1.54) is 25.5 Å². The van der Waals surface area contributed by atoms with Crippen LogP contribution in [0.25, 0.3) is 10.8 Å². The van der Waals surface area contributed by atoms with Crippen LogP contribution < -0.4 is 19.6 Å². The molecule has 1 amide bonds. The minimum Gasteiger partial charge on any atom is -0.496 e. The van der Waals surface area contributed by atoms with Gasteiger partial charge in [-0.05, 0) is 71.3 Å². The molecule has 0 unspecified atom stereocenters. The number of fused-ring (bicyclic) bond motifs is 1. The van der Waals surface area contributed by atoms with Gasteiger partial charge >= 0.3 is 0 Å². The van der Waals surface area contributed by atoms with E-state index in [1.54, 1.807) is 36.4 Å². The van der Waals surface area contributed by atoms with E-state index in [4.69, 9.17) is 14.2 Å². The Labute approximate surface area is 202 Å². The molecule has 1 N–H and O–H groups in total. The zero-order valence-electron chi connectivity index (χ0n) is 19.5. The molecule has 0 aliphatic carbocycles. The van der Waals surface area contributed by atoms with Crippen molar-refractivity contribution in [2.24, 2.45) is 5.10 Å². The lowest BCUT2D eigenvalue weighted by Gasteiger charge is -2.13. The Morgan fingerprint density at radius 2 is 1.71 bits per heavy atom. The summed E-state index contributed by atoms with van der Waals surface area (Å²) < 4.78 is 30.3. The number of methoxy groups -OCH3 is 1. The van der Waals surface area contributed by atoms with Gasteiger partial charge in [0.15, 0.2) is 11.5 Å². The average molecular weight is 473 g/mol. The van der Waals surface area contributed by atoms with Gasteiger partial charge in [0.25, 0.3) is 5.91 Å². The molecular formula is C28H25FN2O4. The molecule has 0 atom stereocenters. The Morgan fingerprint density at radius 3 is 2.46 bits per heavy atom. The Morgan fingerprint density at radius 1 is 0.914 bits per heavy atom. The number of hydrogen-bond acceptors (Lipinski definition) is 5. The molecule has 7 heteroatoms. The first kappa shape index (κ1) is 23.8. The van der Waals surface area contributed by atoms with E-state index in [0.717, 1.165) is 10.8 Å². The number of amides is 1. The number of benzene rings is 4. The summed E-state index contributed by atoms with van der Waals surface area (Å²) in [6.07, 6.45) is 1.52. The normalized spacial score (nSPS) is 10.9. The highest BCUT2D eigenvalue weighted by atomic mass is 19.1. The van der Waals surface area contributed by atoms with Gasteiger partial charge in [-0.3, -0.25) is 4.79 Å². The minimum absolute atomic E-state index is 0.203. The summed E-state index contributed by atoms with van der Waals surface area (Å²) in [5.74, 6) is 0.818. The average Bonchev–Trinajstić information content (AvgIpc) is 2.87. The summed E-state index contributed by atoms with van der Waals surface area (Å²) >= 11 is 0. The highest BCUT2D eigenvalue weighted by Gasteiger charge is 2.13. The maximum atomic E-state index is 13.4. The lowest BCUT2D eigenvalue weighted by molar-refractivity contribution is 0.0952.